The first-order valence-corrected chi connectivity index (χ1v) is 7.39. The van der Waals surface area contributed by atoms with Crippen LogP contribution < -0.4 is 5.32 Å². The van der Waals surface area contributed by atoms with E-state index in [-0.39, 0.29) is 5.92 Å². The van der Waals surface area contributed by atoms with E-state index in [4.69, 9.17) is 9.90 Å². The molecule has 2 rings (SSSR count). The van der Waals surface area contributed by atoms with E-state index in [1.54, 1.807) is 0 Å². The quantitative estimate of drug-likeness (QED) is 0.738. The van der Waals surface area contributed by atoms with Crippen LogP contribution in [0.2, 0.25) is 0 Å². The highest BCUT2D eigenvalue weighted by molar-refractivity contribution is 7.92. The number of nitrogens with zero attached hydrogens (tertiary/aromatic N) is 2. The van der Waals surface area contributed by atoms with Gasteiger partial charge in [0.05, 0.1) is 0 Å². The van der Waals surface area contributed by atoms with E-state index >= 15 is 0 Å². The maximum Gasteiger partial charge on any atom is 0.502 e. The number of carboxylic acid groups (broad SMARTS) is 1. The van der Waals surface area contributed by atoms with Gasteiger partial charge in [-0.3, -0.25) is 0 Å². The van der Waals surface area contributed by atoms with Gasteiger partial charge in [0.25, 0.3) is 9.84 Å². The lowest BCUT2D eigenvalue weighted by atomic mass is 10.0. The second-order valence-electron chi connectivity index (χ2n) is 4.38. The van der Waals surface area contributed by atoms with Crippen LogP contribution in [0.5, 0.6) is 0 Å². The van der Waals surface area contributed by atoms with Crippen molar-refractivity contribution in [3.8, 4) is 0 Å². The van der Waals surface area contributed by atoms with E-state index in [1.807, 2.05) is 0 Å². The molecule has 1 aromatic heterocycles. The van der Waals surface area contributed by atoms with E-state index < -0.39 is 32.4 Å². The number of hydrogen-bond donors (Lipinski definition) is 2. The molecule has 0 aromatic carbocycles. The number of sulfone groups is 1. The summed E-state index contributed by atoms with van der Waals surface area (Å²) >= 11 is 0. The number of aliphatic carboxylic acids is 1. The highest BCUT2D eigenvalue weighted by atomic mass is 32.2. The van der Waals surface area contributed by atoms with E-state index in [1.165, 1.54) is 0 Å². The minimum absolute atomic E-state index is 0.0395. The van der Waals surface area contributed by atoms with Crippen molar-refractivity contribution in [2.24, 2.45) is 0 Å². The molecule has 0 amide bonds. The van der Waals surface area contributed by atoms with Gasteiger partial charge in [0.2, 0.25) is 0 Å². The molecule has 0 saturated carbocycles. The van der Waals surface area contributed by atoms with E-state index in [0.717, 1.165) is 0 Å². The van der Waals surface area contributed by atoms with Gasteiger partial charge in [0.1, 0.15) is 10.7 Å². The Labute approximate surface area is 130 Å². The van der Waals surface area contributed by atoms with Crippen LogP contribution in [0.25, 0.3) is 0 Å². The third-order valence-electron chi connectivity index (χ3n) is 2.65. The van der Waals surface area contributed by atoms with Crippen molar-refractivity contribution in [1.29, 1.82) is 0 Å². The van der Waals surface area contributed by atoms with Crippen molar-refractivity contribution >= 4 is 15.8 Å². The van der Waals surface area contributed by atoms with Crippen molar-refractivity contribution in [3.63, 3.8) is 0 Å². The molecule has 7 nitrogen and oxygen atoms in total. The average Bonchev–Trinajstić information content (AvgIpc) is 2.35. The first-order chi connectivity index (χ1) is 10.8. The standard InChI is InChI=1S/C8H8F3N3O2S.C2HF3O2/c9-8(10,11)17(15,16)6-3-13-7(14-4-6)5-1-12-2-5;3-2(4,5)1(6)7/h3-5,12H,1-2H2;(H,6,7). The number of alkyl halides is 6. The molecule has 1 aliphatic heterocycles. The van der Waals surface area contributed by atoms with Crippen LogP contribution >= 0.6 is 0 Å². The van der Waals surface area contributed by atoms with Crippen LogP contribution in [0.4, 0.5) is 26.3 Å². The summed E-state index contributed by atoms with van der Waals surface area (Å²) in [5.74, 6) is -2.37. The predicted molar refractivity (Wildman–Crippen MR) is 64.6 cm³/mol. The van der Waals surface area contributed by atoms with Crippen molar-refractivity contribution in [3.05, 3.63) is 18.2 Å². The van der Waals surface area contributed by atoms with Crippen LogP contribution in [-0.4, -0.2) is 54.2 Å². The number of hydrogen-bond acceptors (Lipinski definition) is 6. The van der Waals surface area contributed by atoms with E-state index in [9.17, 15) is 34.8 Å². The van der Waals surface area contributed by atoms with Crippen molar-refractivity contribution in [2.45, 2.75) is 22.5 Å². The summed E-state index contributed by atoms with van der Waals surface area (Å²) in [6.07, 6.45) is -3.69. The zero-order valence-electron chi connectivity index (χ0n) is 11.4. The van der Waals surface area contributed by atoms with Gasteiger partial charge in [-0.05, 0) is 0 Å². The Balaban J connectivity index is 0.000000351. The summed E-state index contributed by atoms with van der Waals surface area (Å²) in [6.45, 7) is 1.29. The van der Waals surface area contributed by atoms with Crippen molar-refractivity contribution in [1.82, 2.24) is 15.3 Å². The van der Waals surface area contributed by atoms with Gasteiger partial charge in [0.15, 0.2) is 0 Å². The third-order valence-corrected chi connectivity index (χ3v) is 4.09. The highest BCUT2D eigenvalue weighted by Crippen LogP contribution is 2.29. The predicted octanol–water partition coefficient (Wildman–Crippen LogP) is 1.09. The molecule has 0 bridgehead atoms. The fourth-order valence-electron chi connectivity index (χ4n) is 1.28. The molecule has 0 atom stereocenters. The van der Waals surface area contributed by atoms with Crippen LogP contribution in [0.3, 0.4) is 0 Å². The van der Waals surface area contributed by atoms with Gasteiger partial charge in [-0.15, -0.1) is 0 Å². The molecule has 2 heterocycles. The van der Waals surface area contributed by atoms with Crippen LogP contribution in [0.15, 0.2) is 17.3 Å². The molecule has 24 heavy (non-hydrogen) atoms. The molecular weight excluding hydrogens is 372 g/mol. The summed E-state index contributed by atoms with van der Waals surface area (Å²) in [5.41, 5.74) is -5.32. The van der Waals surface area contributed by atoms with Crippen LogP contribution in [-0.2, 0) is 14.6 Å². The fourth-order valence-corrected chi connectivity index (χ4v) is 1.93. The Morgan fingerprint density at radius 2 is 1.54 bits per heavy atom. The Kier molecular flexibility index (Phi) is 5.76. The number of aromatic nitrogens is 2. The van der Waals surface area contributed by atoms with E-state index in [0.29, 0.717) is 31.3 Å². The Bertz CT molecular complexity index is 682. The van der Waals surface area contributed by atoms with Crippen LogP contribution in [0, 0.1) is 0 Å². The van der Waals surface area contributed by atoms with Gasteiger partial charge in [-0.1, -0.05) is 0 Å². The molecule has 1 fully saturated rings. The maximum absolute atomic E-state index is 12.2. The maximum atomic E-state index is 12.2. The molecule has 1 aromatic rings. The molecule has 0 spiro atoms. The number of nitrogens with one attached hydrogen (secondary N) is 1. The molecule has 1 saturated heterocycles. The lowest BCUT2D eigenvalue weighted by Gasteiger charge is -2.25. The highest BCUT2D eigenvalue weighted by Gasteiger charge is 2.47. The summed E-state index contributed by atoms with van der Waals surface area (Å²) in [7, 11) is -5.35. The number of carbonyl (C=O) groups is 1. The summed E-state index contributed by atoms with van der Waals surface area (Å²) < 4.78 is 90.3. The SMILES string of the molecule is O=C(O)C(F)(F)F.O=S(=O)(c1cnc(C2CNC2)nc1)C(F)(F)F. The summed E-state index contributed by atoms with van der Waals surface area (Å²) in [4.78, 5) is 15.3. The molecular formula is C10H9F6N3O4S. The molecule has 0 radical (unpaired) electrons. The molecule has 136 valence electrons. The Morgan fingerprint density at radius 1 is 1.12 bits per heavy atom. The molecule has 14 heteroatoms. The van der Waals surface area contributed by atoms with Crippen LogP contribution in [0.1, 0.15) is 11.7 Å². The first-order valence-electron chi connectivity index (χ1n) is 5.91. The monoisotopic (exact) mass is 381 g/mol. The molecule has 1 aliphatic rings. The second-order valence-corrected chi connectivity index (χ2v) is 6.33. The summed E-state index contributed by atoms with van der Waals surface area (Å²) in [5, 5.41) is 10.1. The lowest BCUT2D eigenvalue weighted by molar-refractivity contribution is -0.192. The minimum Gasteiger partial charge on any atom is -0.475 e. The fraction of sp³-hybridized carbons (Fsp3) is 0.500. The molecule has 2 N–H and O–H groups in total. The smallest absolute Gasteiger partial charge is 0.475 e. The van der Waals surface area contributed by atoms with Crippen molar-refractivity contribution < 1.29 is 44.7 Å². The third kappa shape index (κ3) is 4.77. The molecule has 0 aliphatic carbocycles. The number of halogens is 6. The average molecular weight is 381 g/mol. The van der Waals surface area contributed by atoms with Gasteiger partial charge in [-0.25, -0.2) is 23.2 Å². The topological polar surface area (TPSA) is 109 Å². The lowest BCUT2D eigenvalue weighted by Crippen LogP contribution is -2.40. The van der Waals surface area contributed by atoms with Gasteiger partial charge in [-0.2, -0.15) is 26.3 Å². The van der Waals surface area contributed by atoms with E-state index in [2.05, 4.69) is 15.3 Å². The normalized spacial score (nSPS) is 15.9. The van der Waals surface area contributed by atoms with Gasteiger partial charge >= 0.3 is 17.7 Å². The number of rotatable bonds is 2. The number of carboxylic acids is 1. The largest absolute Gasteiger partial charge is 0.502 e. The van der Waals surface area contributed by atoms with Gasteiger partial charge in [0, 0.05) is 31.4 Å². The van der Waals surface area contributed by atoms with Gasteiger partial charge < -0.3 is 10.4 Å². The second kappa shape index (κ2) is 6.88. The first kappa shape index (κ1) is 20.1. The Hall–Kier alpha value is -1.96. The summed E-state index contributed by atoms with van der Waals surface area (Å²) in [6, 6.07) is 0. The zero-order chi connectivity index (χ0) is 18.8. The Morgan fingerprint density at radius 3 is 1.79 bits per heavy atom. The zero-order valence-corrected chi connectivity index (χ0v) is 12.2. The van der Waals surface area contributed by atoms with Crippen molar-refractivity contribution in [2.75, 3.05) is 13.1 Å². The minimum atomic E-state index is -5.35. The molecule has 0 unspecified atom stereocenters.